The van der Waals surface area contributed by atoms with Crippen LogP contribution in [0.3, 0.4) is 0 Å². The minimum absolute atomic E-state index is 0.505. The molecule has 1 unspecified atom stereocenters. The first-order valence-corrected chi connectivity index (χ1v) is 8.24. The van der Waals surface area contributed by atoms with Crippen molar-refractivity contribution in [2.24, 2.45) is 0 Å². The van der Waals surface area contributed by atoms with Crippen LogP contribution in [0, 0.1) is 0 Å². The molecule has 24 heavy (non-hydrogen) atoms. The van der Waals surface area contributed by atoms with Gasteiger partial charge in [0, 0.05) is 5.02 Å². The Morgan fingerprint density at radius 1 is 0.750 bits per heavy atom. The maximum Gasteiger partial charge on any atom is 0.104 e. The molecule has 3 heteroatoms. The highest BCUT2D eigenvalue weighted by Crippen LogP contribution is 2.25. The summed E-state index contributed by atoms with van der Waals surface area (Å²) in [6.45, 7) is 1.08. The Hall–Kier alpha value is -2.13. The van der Waals surface area contributed by atoms with Crippen LogP contribution < -0.4 is 0 Å². The first-order chi connectivity index (χ1) is 11.7. The van der Waals surface area contributed by atoms with Crippen LogP contribution in [0.5, 0.6) is 0 Å². The third kappa shape index (κ3) is 4.45. The molecule has 3 rings (SSSR count). The molecule has 0 aromatic heterocycles. The summed E-state index contributed by atoms with van der Waals surface area (Å²) in [5, 5.41) is 11.2. The summed E-state index contributed by atoms with van der Waals surface area (Å²) in [7, 11) is 0. The van der Waals surface area contributed by atoms with Crippen LogP contribution in [-0.4, -0.2) is 5.11 Å². The average molecular weight is 339 g/mol. The lowest BCUT2D eigenvalue weighted by molar-refractivity contribution is 0.107. The van der Waals surface area contributed by atoms with E-state index in [1.165, 1.54) is 0 Å². The highest BCUT2D eigenvalue weighted by molar-refractivity contribution is 6.30. The molecule has 3 aromatic carbocycles. The molecular formula is C21H19ClO2. The van der Waals surface area contributed by atoms with Gasteiger partial charge in [-0.25, -0.2) is 0 Å². The van der Waals surface area contributed by atoms with Gasteiger partial charge in [0.2, 0.25) is 0 Å². The fraction of sp³-hybridized carbons (Fsp3) is 0.143. The highest BCUT2D eigenvalue weighted by atomic mass is 35.5. The number of halogens is 1. The second-order valence-corrected chi connectivity index (χ2v) is 6.12. The zero-order valence-electron chi connectivity index (χ0n) is 13.2. The maximum absolute atomic E-state index is 10.5. The molecule has 0 saturated carbocycles. The monoisotopic (exact) mass is 338 g/mol. The van der Waals surface area contributed by atoms with Gasteiger partial charge in [-0.05, 0) is 34.4 Å². The van der Waals surface area contributed by atoms with Crippen LogP contribution in [-0.2, 0) is 18.0 Å². The molecule has 0 spiro atoms. The van der Waals surface area contributed by atoms with Crippen molar-refractivity contribution in [2.45, 2.75) is 19.3 Å². The van der Waals surface area contributed by atoms with Crippen LogP contribution in [0.2, 0.25) is 5.02 Å². The summed E-state index contributed by atoms with van der Waals surface area (Å²) < 4.78 is 5.76. The summed E-state index contributed by atoms with van der Waals surface area (Å²) in [5.41, 5.74) is 3.79. The number of rotatable bonds is 6. The molecule has 0 amide bonds. The van der Waals surface area contributed by atoms with E-state index in [-0.39, 0.29) is 0 Å². The summed E-state index contributed by atoms with van der Waals surface area (Å²) in [4.78, 5) is 0. The van der Waals surface area contributed by atoms with Crippen LogP contribution in [0.15, 0.2) is 78.9 Å². The van der Waals surface area contributed by atoms with Crippen molar-refractivity contribution in [3.8, 4) is 0 Å². The Labute approximate surface area is 147 Å². The lowest BCUT2D eigenvalue weighted by atomic mass is 10.00. The Bertz CT molecular complexity index is 787. The van der Waals surface area contributed by atoms with E-state index < -0.39 is 6.10 Å². The second-order valence-electron chi connectivity index (χ2n) is 5.68. The largest absolute Gasteiger partial charge is 0.384 e. The van der Waals surface area contributed by atoms with Gasteiger partial charge in [0.15, 0.2) is 0 Å². The van der Waals surface area contributed by atoms with Gasteiger partial charge < -0.3 is 9.84 Å². The molecule has 0 fully saturated rings. The zero-order chi connectivity index (χ0) is 16.8. The lowest BCUT2D eigenvalue weighted by Crippen LogP contribution is -2.01. The molecule has 1 atom stereocenters. The average Bonchev–Trinajstić information content (AvgIpc) is 2.62. The first-order valence-electron chi connectivity index (χ1n) is 7.86. The van der Waals surface area contributed by atoms with Crippen molar-refractivity contribution in [3.63, 3.8) is 0 Å². The minimum atomic E-state index is -0.697. The van der Waals surface area contributed by atoms with Gasteiger partial charge in [-0.15, -0.1) is 0 Å². The van der Waals surface area contributed by atoms with Gasteiger partial charge in [-0.3, -0.25) is 0 Å². The first kappa shape index (κ1) is 16.7. The van der Waals surface area contributed by atoms with E-state index in [4.69, 9.17) is 16.3 Å². The smallest absolute Gasteiger partial charge is 0.104 e. The lowest BCUT2D eigenvalue weighted by Gasteiger charge is -2.13. The van der Waals surface area contributed by atoms with E-state index in [0.717, 1.165) is 22.3 Å². The molecule has 0 aliphatic heterocycles. The molecule has 2 nitrogen and oxygen atoms in total. The molecule has 1 N–H and O–H groups in total. The topological polar surface area (TPSA) is 29.5 Å². The van der Waals surface area contributed by atoms with Gasteiger partial charge in [0.05, 0.1) is 13.2 Å². The number of aliphatic hydroxyl groups is 1. The van der Waals surface area contributed by atoms with Crippen molar-refractivity contribution in [2.75, 3.05) is 0 Å². The molecular weight excluding hydrogens is 320 g/mol. The Morgan fingerprint density at radius 2 is 1.38 bits per heavy atom. The molecule has 0 radical (unpaired) electrons. The summed E-state index contributed by atoms with van der Waals surface area (Å²) >= 11 is 6.00. The number of benzene rings is 3. The van der Waals surface area contributed by atoms with E-state index in [1.807, 2.05) is 66.7 Å². The van der Waals surface area contributed by atoms with Crippen LogP contribution in [0.1, 0.15) is 28.4 Å². The number of hydrogen-bond donors (Lipinski definition) is 1. The fourth-order valence-corrected chi connectivity index (χ4v) is 2.78. The van der Waals surface area contributed by atoms with Gasteiger partial charge in [-0.2, -0.15) is 0 Å². The summed E-state index contributed by atoms with van der Waals surface area (Å²) in [6.07, 6.45) is -0.697. The quantitative estimate of drug-likeness (QED) is 0.674. The highest BCUT2D eigenvalue weighted by Gasteiger charge is 2.11. The molecule has 0 heterocycles. The van der Waals surface area contributed by atoms with Crippen LogP contribution >= 0.6 is 11.6 Å². The van der Waals surface area contributed by atoms with Gasteiger partial charge >= 0.3 is 0 Å². The van der Waals surface area contributed by atoms with E-state index in [1.54, 1.807) is 12.1 Å². The molecule has 122 valence electrons. The van der Waals surface area contributed by atoms with Gasteiger partial charge in [0.1, 0.15) is 6.10 Å². The third-order valence-corrected chi connectivity index (χ3v) is 4.05. The van der Waals surface area contributed by atoms with Crippen molar-refractivity contribution in [3.05, 3.63) is 106 Å². The normalized spacial score (nSPS) is 12.1. The fourth-order valence-electron chi connectivity index (χ4n) is 2.58. The standard InChI is InChI=1S/C21H19ClO2/c22-20-11-5-10-19(13-20)21(23)18-9-4-8-17(12-18)15-24-14-16-6-2-1-3-7-16/h1-13,21,23H,14-15H2. The number of ether oxygens (including phenoxy) is 1. The molecule has 0 aliphatic rings. The predicted molar refractivity (Wildman–Crippen MR) is 96.9 cm³/mol. The molecule has 0 saturated heterocycles. The Kier molecular flexibility index (Phi) is 5.65. The molecule has 0 bridgehead atoms. The van der Waals surface area contributed by atoms with Crippen LogP contribution in [0.4, 0.5) is 0 Å². The number of aliphatic hydroxyl groups excluding tert-OH is 1. The maximum atomic E-state index is 10.5. The van der Waals surface area contributed by atoms with E-state index in [9.17, 15) is 5.11 Å². The van der Waals surface area contributed by atoms with Crippen molar-refractivity contribution >= 4 is 11.6 Å². The third-order valence-electron chi connectivity index (χ3n) is 3.81. The zero-order valence-corrected chi connectivity index (χ0v) is 14.0. The minimum Gasteiger partial charge on any atom is -0.384 e. The second kappa shape index (κ2) is 8.11. The van der Waals surface area contributed by atoms with E-state index in [2.05, 4.69) is 0 Å². The SMILES string of the molecule is OC(c1cccc(Cl)c1)c1cccc(COCc2ccccc2)c1. The van der Waals surface area contributed by atoms with Crippen molar-refractivity contribution in [1.29, 1.82) is 0 Å². The summed E-state index contributed by atoms with van der Waals surface area (Å²) in [5.74, 6) is 0. The van der Waals surface area contributed by atoms with Crippen LogP contribution in [0.25, 0.3) is 0 Å². The summed E-state index contributed by atoms with van der Waals surface area (Å²) in [6, 6.07) is 25.2. The molecule has 0 aliphatic carbocycles. The van der Waals surface area contributed by atoms with Crippen molar-refractivity contribution in [1.82, 2.24) is 0 Å². The van der Waals surface area contributed by atoms with Gasteiger partial charge in [-0.1, -0.05) is 78.3 Å². The Balaban J connectivity index is 1.65. The van der Waals surface area contributed by atoms with Crippen molar-refractivity contribution < 1.29 is 9.84 Å². The Morgan fingerprint density at radius 3 is 2.12 bits per heavy atom. The van der Waals surface area contributed by atoms with E-state index in [0.29, 0.717) is 18.2 Å². The molecule has 3 aromatic rings. The van der Waals surface area contributed by atoms with E-state index >= 15 is 0 Å². The number of hydrogen-bond acceptors (Lipinski definition) is 2. The van der Waals surface area contributed by atoms with Gasteiger partial charge in [0.25, 0.3) is 0 Å². The predicted octanol–water partition coefficient (Wildman–Crippen LogP) is 5.14.